The number of aryl methyl sites for hydroxylation is 2. The molecule has 0 bridgehead atoms. The van der Waals surface area contributed by atoms with Gasteiger partial charge in [-0.25, -0.2) is 4.79 Å². The number of carbonyl (C=O) groups is 2. The molecule has 2 heterocycles. The van der Waals surface area contributed by atoms with Gasteiger partial charge < -0.3 is 9.26 Å². The van der Waals surface area contributed by atoms with Crippen LogP contribution in [-0.2, 0) is 4.74 Å². The van der Waals surface area contributed by atoms with Gasteiger partial charge in [0.2, 0.25) is 5.78 Å². The van der Waals surface area contributed by atoms with Crippen molar-refractivity contribution in [3.8, 4) is 5.82 Å². The largest absolute Gasteiger partial charge is 0.454 e. The zero-order valence-electron chi connectivity index (χ0n) is 15.8. The van der Waals surface area contributed by atoms with Crippen molar-refractivity contribution in [2.75, 3.05) is 6.61 Å². The van der Waals surface area contributed by atoms with Crippen molar-refractivity contribution in [2.45, 2.75) is 20.8 Å². The number of ketones is 1. The topological polar surface area (TPSA) is 117 Å². The lowest BCUT2D eigenvalue weighted by molar-refractivity contribution is -0.385. The Kier molecular flexibility index (Phi) is 5.51. The first-order valence-electron chi connectivity index (χ1n) is 8.46. The molecule has 150 valence electrons. The van der Waals surface area contributed by atoms with Crippen LogP contribution in [0.25, 0.3) is 5.82 Å². The molecule has 0 aliphatic carbocycles. The predicted molar refractivity (Wildman–Crippen MR) is 103 cm³/mol. The Labute approximate surface area is 170 Å². The van der Waals surface area contributed by atoms with E-state index in [-0.39, 0.29) is 10.6 Å². The van der Waals surface area contributed by atoms with Gasteiger partial charge in [-0.05, 0) is 39.0 Å². The maximum Gasteiger partial charge on any atom is 0.345 e. The van der Waals surface area contributed by atoms with Gasteiger partial charge in [0.1, 0.15) is 11.3 Å². The fraction of sp³-hybridized carbons (Fsp3) is 0.211. The van der Waals surface area contributed by atoms with Crippen LogP contribution < -0.4 is 0 Å². The molecule has 29 heavy (non-hydrogen) atoms. The van der Waals surface area contributed by atoms with Gasteiger partial charge in [-0.3, -0.25) is 19.5 Å². The summed E-state index contributed by atoms with van der Waals surface area (Å²) in [4.78, 5) is 35.2. The molecule has 0 N–H and O–H groups in total. The van der Waals surface area contributed by atoms with E-state index in [1.54, 1.807) is 37.5 Å². The summed E-state index contributed by atoms with van der Waals surface area (Å²) in [6, 6.07) is 6.91. The van der Waals surface area contributed by atoms with Crippen molar-refractivity contribution in [1.29, 1.82) is 0 Å². The van der Waals surface area contributed by atoms with Crippen LogP contribution in [-0.4, -0.2) is 33.0 Å². The quantitative estimate of drug-likeness (QED) is 0.257. The number of carbonyl (C=O) groups excluding carboxylic acids is 2. The Morgan fingerprint density at radius 2 is 1.93 bits per heavy atom. The second kappa shape index (κ2) is 7.88. The van der Waals surface area contributed by atoms with Gasteiger partial charge in [-0.15, -0.1) is 0 Å². The number of nitrogens with zero attached hydrogens (tertiary/aromatic N) is 3. The normalized spacial score (nSPS) is 10.8. The van der Waals surface area contributed by atoms with Gasteiger partial charge in [0.05, 0.1) is 4.92 Å². The fourth-order valence-corrected chi connectivity index (χ4v) is 3.15. The Bertz CT molecular complexity index is 1130. The maximum absolute atomic E-state index is 12.6. The van der Waals surface area contributed by atoms with Crippen LogP contribution >= 0.6 is 11.6 Å². The summed E-state index contributed by atoms with van der Waals surface area (Å²) in [5.41, 5.74) is 0.920. The van der Waals surface area contributed by atoms with Crippen LogP contribution in [0, 0.1) is 30.9 Å². The standard InChI is InChI=1S/C19H16ClN3O6/c1-10-6-14(12(3)22(10)18-7-11(2)29-21-18)17(24)9-28-19(25)15-8-13(20)4-5-16(15)23(26)27/h4-8H,9H2,1-3H3. The first-order valence-corrected chi connectivity index (χ1v) is 8.83. The van der Waals surface area contributed by atoms with Crippen LogP contribution in [0.2, 0.25) is 5.02 Å². The molecule has 0 saturated carbocycles. The highest BCUT2D eigenvalue weighted by Gasteiger charge is 2.24. The molecule has 0 spiro atoms. The third-order valence-electron chi connectivity index (χ3n) is 4.29. The summed E-state index contributed by atoms with van der Waals surface area (Å²) < 4.78 is 11.8. The molecular formula is C19H16ClN3O6. The summed E-state index contributed by atoms with van der Waals surface area (Å²) in [5.74, 6) is -0.309. The van der Waals surface area contributed by atoms with E-state index in [0.29, 0.717) is 22.8 Å². The van der Waals surface area contributed by atoms with Crippen molar-refractivity contribution < 1.29 is 23.8 Å². The van der Waals surface area contributed by atoms with E-state index in [2.05, 4.69) is 5.16 Å². The second-order valence-corrected chi connectivity index (χ2v) is 6.77. The highest BCUT2D eigenvalue weighted by Crippen LogP contribution is 2.24. The minimum atomic E-state index is -1.01. The van der Waals surface area contributed by atoms with Gasteiger partial charge >= 0.3 is 5.97 Å². The van der Waals surface area contributed by atoms with Crippen molar-refractivity contribution in [3.63, 3.8) is 0 Å². The number of rotatable bonds is 6. The first kappa shape index (κ1) is 20.3. The van der Waals surface area contributed by atoms with Crippen molar-refractivity contribution in [1.82, 2.24) is 9.72 Å². The number of hydrogen-bond donors (Lipinski definition) is 0. The SMILES string of the molecule is Cc1cc(-n2c(C)cc(C(=O)COC(=O)c3cc(Cl)ccc3[N+](=O)[O-])c2C)no1. The van der Waals surface area contributed by atoms with Gasteiger partial charge in [-0.2, -0.15) is 0 Å². The van der Waals surface area contributed by atoms with E-state index in [0.717, 1.165) is 17.8 Å². The number of Topliss-reactive ketones (excluding diaryl/α,β-unsaturated/α-hetero) is 1. The molecule has 3 rings (SSSR count). The number of nitro benzene ring substituents is 1. The van der Waals surface area contributed by atoms with Crippen molar-refractivity contribution in [2.24, 2.45) is 0 Å². The Morgan fingerprint density at radius 3 is 2.55 bits per heavy atom. The summed E-state index contributed by atoms with van der Waals surface area (Å²) in [6.45, 7) is 4.71. The van der Waals surface area contributed by atoms with E-state index >= 15 is 0 Å². The highest BCUT2D eigenvalue weighted by atomic mass is 35.5. The molecule has 0 radical (unpaired) electrons. The molecule has 0 aliphatic heterocycles. The van der Waals surface area contributed by atoms with E-state index in [1.807, 2.05) is 0 Å². The van der Waals surface area contributed by atoms with Crippen LogP contribution in [0.3, 0.4) is 0 Å². The lowest BCUT2D eigenvalue weighted by Crippen LogP contribution is -2.16. The Morgan fingerprint density at radius 1 is 1.21 bits per heavy atom. The number of halogens is 1. The third-order valence-corrected chi connectivity index (χ3v) is 4.52. The van der Waals surface area contributed by atoms with Gasteiger partial charge in [0.15, 0.2) is 12.4 Å². The smallest absolute Gasteiger partial charge is 0.345 e. The average molecular weight is 418 g/mol. The molecule has 0 unspecified atom stereocenters. The molecule has 0 amide bonds. The van der Waals surface area contributed by atoms with Crippen LogP contribution in [0.1, 0.15) is 37.9 Å². The van der Waals surface area contributed by atoms with E-state index in [9.17, 15) is 19.7 Å². The van der Waals surface area contributed by atoms with E-state index in [4.69, 9.17) is 20.9 Å². The minimum absolute atomic E-state index is 0.139. The number of ether oxygens (including phenoxy) is 1. The summed E-state index contributed by atoms with van der Waals surface area (Å²) in [6.07, 6.45) is 0. The second-order valence-electron chi connectivity index (χ2n) is 6.33. The molecule has 0 atom stereocenters. The van der Waals surface area contributed by atoms with Gasteiger partial charge in [0.25, 0.3) is 5.69 Å². The van der Waals surface area contributed by atoms with E-state index < -0.39 is 29.0 Å². The Balaban J connectivity index is 1.79. The molecule has 10 heteroatoms. The van der Waals surface area contributed by atoms with Crippen LogP contribution in [0.5, 0.6) is 0 Å². The zero-order valence-corrected chi connectivity index (χ0v) is 16.5. The molecule has 1 aromatic carbocycles. The summed E-state index contributed by atoms with van der Waals surface area (Å²) in [5, 5.41) is 15.2. The first-order chi connectivity index (χ1) is 13.7. The molecule has 9 nitrogen and oxygen atoms in total. The number of benzene rings is 1. The maximum atomic E-state index is 12.6. The van der Waals surface area contributed by atoms with Gasteiger partial charge in [-0.1, -0.05) is 16.8 Å². The number of hydrogen-bond acceptors (Lipinski definition) is 7. The number of nitro groups is 1. The molecule has 3 aromatic rings. The molecular weight excluding hydrogens is 402 g/mol. The number of esters is 1. The average Bonchev–Trinajstić information content (AvgIpc) is 3.21. The summed E-state index contributed by atoms with van der Waals surface area (Å²) >= 11 is 5.81. The Hall–Kier alpha value is -3.46. The lowest BCUT2D eigenvalue weighted by Gasteiger charge is -2.07. The van der Waals surface area contributed by atoms with Gasteiger partial charge in [0, 0.05) is 34.1 Å². The predicted octanol–water partition coefficient (Wildman–Crippen LogP) is 3.99. The fourth-order valence-electron chi connectivity index (χ4n) is 2.97. The molecule has 0 saturated heterocycles. The zero-order chi connectivity index (χ0) is 21.3. The monoisotopic (exact) mass is 417 g/mol. The molecule has 0 fully saturated rings. The van der Waals surface area contributed by atoms with Crippen molar-refractivity contribution >= 4 is 29.0 Å². The van der Waals surface area contributed by atoms with Crippen molar-refractivity contribution in [3.05, 3.63) is 73.7 Å². The van der Waals surface area contributed by atoms with Crippen LogP contribution in [0.4, 0.5) is 5.69 Å². The highest BCUT2D eigenvalue weighted by molar-refractivity contribution is 6.31. The minimum Gasteiger partial charge on any atom is -0.454 e. The van der Waals surface area contributed by atoms with E-state index in [1.165, 1.54) is 6.07 Å². The third kappa shape index (κ3) is 4.04. The molecule has 2 aromatic heterocycles. The van der Waals surface area contributed by atoms with Crippen LogP contribution in [0.15, 0.2) is 34.9 Å². The molecule has 0 aliphatic rings. The number of aromatic nitrogens is 2. The lowest BCUT2D eigenvalue weighted by atomic mass is 10.1. The summed E-state index contributed by atoms with van der Waals surface area (Å²) in [7, 11) is 0.